The lowest BCUT2D eigenvalue weighted by Crippen LogP contribution is -2.36. The molecule has 0 aromatic heterocycles. The van der Waals surface area contributed by atoms with Gasteiger partial charge >= 0.3 is 5.97 Å². The number of benzene rings is 2. The molecule has 2 aromatic rings. The van der Waals surface area contributed by atoms with Crippen LogP contribution in [0, 0.1) is 5.92 Å². The smallest absolute Gasteiger partial charge is 0.339 e. The summed E-state index contributed by atoms with van der Waals surface area (Å²) in [5, 5.41) is 2.84. The van der Waals surface area contributed by atoms with Crippen LogP contribution in [0.1, 0.15) is 35.2 Å². The number of hydrogen-bond donors (Lipinski definition) is 1. The van der Waals surface area contributed by atoms with E-state index >= 15 is 0 Å². The van der Waals surface area contributed by atoms with Gasteiger partial charge in [-0.2, -0.15) is 0 Å². The molecule has 0 aliphatic carbocycles. The molecule has 0 radical (unpaired) electrons. The van der Waals surface area contributed by atoms with Crippen molar-refractivity contribution in [2.75, 3.05) is 32.1 Å². The molecule has 5 heteroatoms. The van der Waals surface area contributed by atoms with Crippen LogP contribution in [0.4, 0.5) is 5.69 Å². The van der Waals surface area contributed by atoms with Crippen molar-refractivity contribution < 1.29 is 14.3 Å². The lowest BCUT2D eigenvalue weighted by molar-refractivity contribution is -0.116. The number of carbonyl (C=O) groups is 2. The Morgan fingerprint density at radius 1 is 1.04 bits per heavy atom. The molecule has 0 spiro atoms. The van der Waals surface area contributed by atoms with Crippen molar-refractivity contribution in [1.82, 2.24) is 4.90 Å². The Bertz CT molecular complexity index is 783. The summed E-state index contributed by atoms with van der Waals surface area (Å²) < 4.78 is 4.77. The summed E-state index contributed by atoms with van der Waals surface area (Å²) in [4.78, 5) is 26.5. The molecule has 0 unspecified atom stereocenters. The van der Waals surface area contributed by atoms with E-state index in [0.29, 0.717) is 17.7 Å². The lowest BCUT2D eigenvalue weighted by Gasteiger charge is -2.31. The topological polar surface area (TPSA) is 58.6 Å². The minimum atomic E-state index is -0.448. The number of nitrogens with zero attached hydrogens (tertiary/aromatic N) is 1. The number of likely N-dealkylation sites (tertiary alicyclic amines) is 1. The molecule has 1 saturated heterocycles. The molecule has 3 rings (SSSR count). The third kappa shape index (κ3) is 5.67. The zero-order valence-corrected chi connectivity index (χ0v) is 16.4. The maximum Gasteiger partial charge on any atom is 0.339 e. The lowest BCUT2D eigenvalue weighted by atomic mass is 9.90. The predicted octanol–water partition coefficient (Wildman–Crippen LogP) is 3.76. The second-order valence-electron chi connectivity index (χ2n) is 7.31. The molecule has 148 valence electrons. The molecule has 0 saturated carbocycles. The summed E-state index contributed by atoms with van der Waals surface area (Å²) in [6.07, 6.45) is 3.89. The SMILES string of the molecule is COC(=O)c1ccccc1NC(=O)CCN1CCC(Cc2ccccc2)CC1. The van der Waals surface area contributed by atoms with Gasteiger partial charge in [-0.05, 0) is 56.0 Å². The van der Waals surface area contributed by atoms with E-state index in [2.05, 4.69) is 40.5 Å². The summed E-state index contributed by atoms with van der Waals surface area (Å²) in [6.45, 7) is 2.80. The monoisotopic (exact) mass is 380 g/mol. The van der Waals surface area contributed by atoms with E-state index in [4.69, 9.17) is 4.74 Å². The van der Waals surface area contributed by atoms with Crippen molar-refractivity contribution in [2.45, 2.75) is 25.7 Å². The van der Waals surface area contributed by atoms with Crippen molar-refractivity contribution in [3.63, 3.8) is 0 Å². The molecule has 2 aromatic carbocycles. The van der Waals surface area contributed by atoms with Crippen molar-refractivity contribution in [3.8, 4) is 0 Å². The Morgan fingerprint density at radius 2 is 1.71 bits per heavy atom. The summed E-state index contributed by atoms with van der Waals surface area (Å²) in [5.74, 6) is 0.193. The summed E-state index contributed by atoms with van der Waals surface area (Å²) in [6, 6.07) is 17.6. The third-order valence-electron chi connectivity index (χ3n) is 5.34. The Hall–Kier alpha value is -2.66. The number of hydrogen-bond acceptors (Lipinski definition) is 4. The van der Waals surface area contributed by atoms with Gasteiger partial charge in [0.25, 0.3) is 0 Å². The van der Waals surface area contributed by atoms with Crippen LogP contribution in [0.2, 0.25) is 0 Å². The largest absolute Gasteiger partial charge is 0.465 e. The predicted molar refractivity (Wildman–Crippen MR) is 110 cm³/mol. The number of rotatable bonds is 7. The molecule has 0 bridgehead atoms. The van der Waals surface area contributed by atoms with Crippen molar-refractivity contribution in [2.24, 2.45) is 5.92 Å². The zero-order chi connectivity index (χ0) is 19.8. The fourth-order valence-corrected chi connectivity index (χ4v) is 3.71. The first-order valence-electron chi connectivity index (χ1n) is 9.89. The highest BCUT2D eigenvalue weighted by Gasteiger charge is 2.20. The molecule has 0 atom stereocenters. The maximum absolute atomic E-state index is 12.3. The molecule has 1 aliphatic rings. The highest BCUT2D eigenvalue weighted by Crippen LogP contribution is 2.22. The van der Waals surface area contributed by atoms with Gasteiger partial charge in [0.15, 0.2) is 0 Å². The Balaban J connectivity index is 1.42. The molecule has 1 fully saturated rings. The van der Waals surface area contributed by atoms with Crippen LogP contribution >= 0.6 is 0 Å². The number of carbonyl (C=O) groups excluding carboxylic acids is 2. The van der Waals surface area contributed by atoms with E-state index in [0.717, 1.165) is 32.0 Å². The molecule has 5 nitrogen and oxygen atoms in total. The van der Waals surface area contributed by atoms with E-state index < -0.39 is 5.97 Å². The first-order chi connectivity index (χ1) is 13.7. The van der Waals surface area contributed by atoms with E-state index in [1.54, 1.807) is 24.3 Å². The van der Waals surface area contributed by atoms with Crippen molar-refractivity contribution in [3.05, 3.63) is 65.7 Å². The number of methoxy groups -OCH3 is 1. The zero-order valence-electron chi connectivity index (χ0n) is 16.4. The summed E-state index contributed by atoms with van der Waals surface area (Å²) in [5.41, 5.74) is 2.28. The summed E-state index contributed by atoms with van der Waals surface area (Å²) in [7, 11) is 1.34. The Morgan fingerprint density at radius 3 is 2.43 bits per heavy atom. The van der Waals surface area contributed by atoms with Gasteiger partial charge < -0.3 is 15.0 Å². The van der Waals surface area contributed by atoms with E-state index in [-0.39, 0.29) is 5.91 Å². The van der Waals surface area contributed by atoms with E-state index in [9.17, 15) is 9.59 Å². The second kappa shape index (κ2) is 10.0. The second-order valence-corrected chi connectivity index (χ2v) is 7.31. The van der Waals surface area contributed by atoms with Crippen molar-refractivity contribution >= 4 is 17.6 Å². The third-order valence-corrected chi connectivity index (χ3v) is 5.34. The van der Waals surface area contributed by atoms with Gasteiger partial charge in [0.2, 0.25) is 5.91 Å². The number of piperidine rings is 1. The van der Waals surface area contributed by atoms with Gasteiger partial charge in [0.1, 0.15) is 0 Å². The maximum atomic E-state index is 12.3. The highest BCUT2D eigenvalue weighted by atomic mass is 16.5. The van der Waals surface area contributed by atoms with Crippen LogP contribution in [0.25, 0.3) is 0 Å². The van der Waals surface area contributed by atoms with E-state index in [1.165, 1.54) is 25.5 Å². The number of amides is 1. The molecule has 1 amide bonds. The van der Waals surface area contributed by atoms with Crippen molar-refractivity contribution in [1.29, 1.82) is 0 Å². The quantitative estimate of drug-likeness (QED) is 0.743. The highest BCUT2D eigenvalue weighted by molar-refractivity contribution is 6.01. The molecule has 1 aliphatic heterocycles. The average molecular weight is 380 g/mol. The van der Waals surface area contributed by atoms with Gasteiger partial charge in [-0.1, -0.05) is 42.5 Å². The minimum absolute atomic E-state index is 0.0808. The first kappa shape index (κ1) is 20.1. The first-order valence-corrected chi connectivity index (χ1v) is 9.89. The molecule has 1 heterocycles. The standard InChI is InChI=1S/C23H28N2O3/c1-28-23(27)20-9-5-6-10-21(20)24-22(26)13-16-25-14-11-19(12-15-25)17-18-7-3-2-4-8-18/h2-10,19H,11-17H2,1H3,(H,24,26). The number of nitrogens with one attached hydrogen (secondary N) is 1. The van der Waals surface area contributed by atoms with Gasteiger partial charge in [0, 0.05) is 13.0 Å². The van der Waals surface area contributed by atoms with Crippen LogP contribution in [0.15, 0.2) is 54.6 Å². The van der Waals surface area contributed by atoms with E-state index in [1.807, 2.05) is 0 Å². The Labute approximate surface area is 166 Å². The van der Waals surface area contributed by atoms with Crippen LogP contribution in [0.3, 0.4) is 0 Å². The molecule has 1 N–H and O–H groups in total. The van der Waals surface area contributed by atoms with Gasteiger partial charge in [-0.15, -0.1) is 0 Å². The van der Waals surface area contributed by atoms with Crippen LogP contribution < -0.4 is 5.32 Å². The number of anilines is 1. The number of ether oxygens (including phenoxy) is 1. The minimum Gasteiger partial charge on any atom is -0.465 e. The van der Waals surface area contributed by atoms with Gasteiger partial charge in [0.05, 0.1) is 18.4 Å². The van der Waals surface area contributed by atoms with Gasteiger partial charge in [-0.3, -0.25) is 4.79 Å². The molecular formula is C23H28N2O3. The normalized spacial score (nSPS) is 15.2. The Kier molecular flexibility index (Phi) is 7.20. The molecule has 28 heavy (non-hydrogen) atoms. The molecular weight excluding hydrogens is 352 g/mol. The fourth-order valence-electron chi connectivity index (χ4n) is 3.71. The van der Waals surface area contributed by atoms with Crippen LogP contribution in [-0.2, 0) is 16.0 Å². The fraction of sp³-hybridized carbons (Fsp3) is 0.391. The number of esters is 1. The van der Waals surface area contributed by atoms with Crippen LogP contribution in [0.5, 0.6) is 0 Å². The van der Waals surface area contributed by atoms with Gasteiger partial charge in [-0.25, -0.2) is 4.79 Å². The number of para-hydroxylation sites is 1. The summed E-state index contributed by atoms with van der Waals surface area (Å²) >= 11 is 0. The van der Waals surface area contributed by atoms with Crippen LogP contribution in [-0.4, -0.2) is 43.5 Å². The average Bonchev–Trinajstić information content (AvgIpc) is 2.74.